The number of ether oxygens (including phenoxy) is 2. The van der Waals surface area contributed by atoms with Gasteiger partial charge in [0.25, 0.3) is 0 Å². The molecular formula is C15H9F5O3. The van der Waals surface area contributed by atoms with E-state index in [0.717, 1.165) is 0 Å². The van der Waals surface area contributed by atoms with Gasteiger partial charge in [0.15, 0.2) is 6.10 Å². The second-order valence-electron chi connectivity index (χ2n) is 4.39. The van der Waals surface area contributed by atoms with E-state index < -0.39 is 46.9 Å². The first-order valence-electron chi connectivity index (χ1n) is 6.27. The predicted octanol–water partition coefficient (Wildman–Crippen LogP) is 3.76. The van der Waals surface area contributed by atoms with Gasteiger partial charge in [-0.05, 0) is 19.1 Å². The second kappa shape index (κ2) is 6.64. The molecular weight excluding hydrogens is 323 g/mol. The molecule has 122 valence electrons. The van der Waals surface area contributed by atoms with Gasteiger partial charge in [-0.2, -0.15) is 8.78 Å². The van der Waals surface area contributed by atoms with Crippen molar-refractivity contribution in [2.75, 3.05) is 0 Å². The van der Waals surface area contributed by atoms with Crippen LogP contribution in [-0.4, -0.2) is 12.1 Å². The van der Waals surface area contributed by atoms with Gasteiger partial charge in [-0.15, -0.1) is 0 Å². The van der Waals surface area contributed by atoms with Crippen molar-refractivity contribution in [3.63, 3.8) is 0 Å². The molecule has 8 heteroatoms. The molecule has 0 aliphatic rings. The molecule has 2 rings (SSSR count). The number of rotatable bonds is 4. The van der Waals surface area contributed by atoms with Crippen LogP contribution in [0.25, 0.3) is 0 Å². The number of hydrogen-bond acceptors (Lipinski definition) is 3. The van der Waals surface area contributed by atoms with Crippen molar-refractivity contribution < 1.29 is 36.2 Å². The third-order valence-electron chi connectivity index (χ3n) is 2.76. The number of hydrogen-bond donors (Lipinski definition) is 0. The Kier molecular flexibility index (Phi) is 4.83. The van der Waals surface area contributed by atoms with Crippen molar-refractivity contribution in [2.24, 2.45) is 0 Å². The number of carbonyl (C=O) groups excluding carboxylic acids is 1. The lowest BCUT2D eigenvalue weighted by Crippen LogP contribution is -2.29. The highest BCUT2D eigenvalue weighted by molar-refractivity contribution is 5.77. The number of carbonyl (C=O) groups is 1. The zero-order valence-electron chi connectivity index (χ0n) is 11.6. The van der Waals surface area contributed by atoms with Crippen LogP contribution in [-0.2, 0) is 4.79 Å². The highest BCUT2D eigenvalue weighted by atomic mass is 19.2. The average molecular weight is 332 g/mol. The van der Waals surface area contributed by atoms with Crippen LogP contribution < -0.4 is 9.47 Å². The molecule has 0 saturated heterocycles. The summed E-state index contributed by atoms with van der Waals surface area (Å²) in [6.07, 6.45) is -1.34. The molecule has 23 heavy (non-hydrogen) atoms. The fourth-order valence-corrected chi connectivity index (χ4v) is 1.61. The van der Waals surface area contributed by atoms with E-state index in [1.54, 1.807) is 18.2 Å². The van der Waals surface area contributed by atoms with Crippen LogP contribution in [0.5, 0.6) is 11.5 Å². The van der Waals surface area contributed by atoms with Crippen molar-refractivity contribution in [3.05, 3.63) is 59.4 Å². The number of benzene rings is 2. The zero-order chi connectivity index (χ0) is 17.1. The van der Waals surface area contributed by atoms with Gasteiger partial charge in [-0.3, -0.25) is 0 Å². The number of para-hydroxylation sites is 1. The Labute approximate surface area is 127 Å². The molecule has 0 heterocycles. The minimum Gasteiger partial charge on any atom is -0.479 e. The van der Waals surface area contributed by atoms with Crippen LogP contribution in [0.1, 0.15) is 6.92 Å². The first kappa shape index (κ1) is 16.7. The molecule has 0 aliphatic heterocycles. The number of esters is 1. The molecule has 0 radical (unpaired) electrons. The summed E-state index contributed by atoms with van der Waals surface area (Å²) < 4.78 is 75.1. The largest absolute Gasteiger partial charge is 0.479 e. The summed E-state index contributed by atoms with van der Waals surface area (Å²) in [5.74, 6) is -14.0. The van der Waals surface area contributed by atoms with Gasteiger partial charge in [0.05, 0.1) is 0 Å². The molecule has 0 saturated carbocycles. The molecule has 0 aromatic heterocycles. The second-order valence-corrected chi connectivity index (χ2v) is 4.39. The monoisotopic (exact) mass is 332 g/mol. The topological polar surface area (TPSA) is 35.5 Å². The molecule has 1 atom stereocenters. The quantitative estimate of drug-likeness (QED) is 0.281. The van der Waals surface area contributed by atoms with E-state index >= 15 is 0 Å². The Morgan fingerprint density at radius 3 is 1.87 bits per heavy atom. The summed E-state index contributed by atoms with van der Waals surface area (Å²) in [7, 11) is 0. The third-order valence-corrected chi connectivity index (χ3v) is 2.76. The summed E-state index contributed by atoms with van der Waals surface area (Å²) in [6, 6.07) is 7.91. The van der Waals surface area contributed by atoms with Crippen molar-refractivity contribution in [1.82, 2.24) is 0 Å². The molecule has 0 fully saturated rings. The van der Waals surface area contributed by atoms with Gasteiger partial charge in [-0.25, -0.2) is 18.0 Å². The minimum atomic E-state index is -2.34. The molecule has 0 aliphatic carbocycles. The minimum absolute atomic E-state index is 0.259. The lowest BCUT2D eigenvalue weighted by atomic mass is 10.2. The Morgan fingerprint density at radius 1 is 0.870 bits per heavy atom. The molecule has 2 aromatic rings. The highest BCUT2D eigenvalue weighted by Crippen LogP contribution is 2.29. The maximum atomic E-state index is 13.4. The Balaban J connectivity index is 2.20. The predicted molar refractivity (Wildman–Crippen MR) is 68.4 cm³/mol. The summed E-state index contributed by atoms with van der Waals surface area (Å²) in [6.45, 7) is 1.20. The maximum Gasteiger partial charge on any atom is 0.352 e. The zero-order valence-corrected chi connectivity index (χ0v) is 11.6. The molecule has 0 unspecified atom stereocenters. The van der Waals surface area contributed by atoms with Crippen molar-refractivity contribution in [1.29, 1.82) is 0 Å². The van der Waals surface area contributed by atoms with E-state index in [1.807, 2.05) is 0 Å². The normalized spacial score (nSPS) is 11.9. The molecule has 0 N–H and O–H groups in total. The van der Waals surface area contributed by atoms with E-state index in [2.05, 4.69) is 4.74 Å². The lowest BCUT2D eigenvalue weighted by Gasteiger charge is -2.14. The van der Waals surface area contributed by atoms with Crippen molar-refractivity contribution in [3.8, 4) is 11.5 Å². The molecule has 2 aromatic carbocycles. The smallest absolute Gasteiger partial charge is 0.352 e. The number of halogens is 5. The fourth-order valence-electron chi connectivity index (χ4n) is 1.61. The van der Waals surface area contributed by atoms with E-state index in [1.165, 1.54) is 19.1 Å². The Hall–Kier alpha value is -2.64. The first-order valence-corrected chi connectivity index (χ1v) is 6.27. The van der Waals surface area contributed by atoms with Crippen LogP contribution in [0.4, 0.5) is 22.0 Å². The van der Waals surface area contributed by atoms with E-state index in [9.17, 15) is 26.7 Å². The summed E-state index contributed by atoms with van der Waals surface area (Å²) >= 11 is 0. The van der Waals surface area contributed by atoms with E-state index in [-0.39, 0.29) is 5.75 Å². The standard InChI is InChI=1S/C15H9F5O3/c1-7(22-8-5-3-2-4-6-8)15(21)23-14-12(19)10(17)9(16)11(18)13(14)20/h2-7H,1H3/t7-/m1/s1. The van der Waals surface area contributed by atoms with E-state index in [4.69, 9.17) is 4.74 Å². The average Bonchev–Trinajstić information content (AvgIpc) is 2.55. The van der Waals surface area contributed by atoms with Crippen LogP contribution in [0.15, 0.2) is 30.3 Å². The van der Waals surface area contributed by atoms with Crippen LogP contribution in [0.2, 0.25) is 0 Å². The van der Waals surface area contributed by atoms with Crippen molar-refractivity contribution >= 4 is 5.97 Å². The van der Waals surface area contributed by atoms with Gasteiger partial charge < -0.3 is 9.47 Å². The van der Waals surface area contributed by atoms with Crippen molar-refractivity contribution in [2.45, 2.75) is 13.0 Å². The molecule has 3 nitrogen and oxygen atoms in total. The van der Waals surface area contributed by atoms with Crippen LogP contribution in [0.3, 0.4) is 0 Å². The Morgan fingerprint density at radius 2 is 1.35 bits per heavy atom. The highest BCUT2D eigenvalue weighted by Gasteiger charge is 2.30. The third kappa shape index (κ3) is 3.41. The van der Waals surface area contributed by atoms with Gasteiger partial charge in [0.2, 0.25) is 34.8 Å². The fraction of sp³-hybridized carbons (Fsp3) is 0.133. The summed E-state index contributed by atoms with van der Waals surface area (Å²) in [5, 5.41) is 0. The van der Waals surface area contributed by atoms with Gasteiger partial charge in [0.1, 0.15) is 5.75 Å². The summed E-state index contributed by atoms with van der Waals surface area (Å²) in [5.41, 5.74) is 0. The van der Waals surface area contributed by atoms with Crippen LogP contribution >= 0.6 is 0 Å². The van der Waals surface area contributed by atoms with Gasteiger partial charge >= 0.3 is 5.97 Å². The van der Waals surface area contributed by atoms with E-state index in [0.29, 0.717) is 0 Å². The summed E-state index contributed by atoms with van der Waals surface area (Å²) in [4.78, 5) is 11.7. The molecule has 0 spiro atoms. The lowest BCUT2D eigenvalue weighted by molar-refractivity contribution is -0.141. The Bertz CT molecular complexity index is 705. The van der Waals surface area contributed by atoms with Gasteiger partial charge in [0, 0.05) is 0 Å². The maximum absolute atomic E-state index is 13.4. The van der Waals surface area contributed by atoms with Gasteiger partial charge in [-0.1, -0.05) is 18.2 Å². The molecule has 0 amide bonds. The van der Waals surface area contributed by atoms with Crippen LogP contribution in [0, 0.1) is 29.1 Å². The SMILES string of the molecule is C[C@@H](Oc1ccccc1)C(=O)Oc1c(F)c(F)c(F)c(F)c1F. The molecule has 0 bridgehead atoms. The first-order chi connectivity index (χ1) is 10.8.